The number of nitrogens with one attached hydrogen (secondary N) is 2. The fraction of sp³-hybridized carbons (Fsp3) is 0.323. The summed E-state index contributed by atoms with van der Waals surface area (Å²) in [5, 5.41) is 5.60. The molecule has 4 rings (SSSR count). The number of likely N-dealkylation sites (tertiary alicyclic amines) is 1. The van der Waals surface area contributed by atoms with Crippen LogP contribution in [0.2, 0.25) is 0 Å². The van der Waals surface area contributed by atoms with Gasteiger partial charge in [0.15, 0.2) is 0 Å². The number of ether oxygens (including phenoxy) is 1. The zero-order valence-electron chi connectivity index (χ0n) is 21.8. The topological polar surface area (TPSA) is 87.7 Å². The zero-order valence-corrected chi connectivity index (χ0v) is 21.8. The van der Waals surface area contributed by atoms with Crippen molar-refractivity contribution in [3.8, 4) is 5.75 Å². The fourth-order valence-electron chi connectivity index (χ4n) is 4.74. The van der Waals surface area contributed by atoms with Crippen LogP contribution in [0, 0.1) is 0 Å². The van der Waals surface area contributed by atoms with E-state index >= 15 is 0 Å². The first-order valence-corrected chi connectivity index (χ1v) is 13.1. The van der Waals surface area contributed by atoms with E-state index in [-0.39, 0.29) is 17.7 Å². The molecule has 0 saturated carbocycles. The van der Waals surface area contributed by atoms with E-state index in [1.807, 2.05) is 84.9 Å². The molecule has 2 N–H and O–H groups in total. The van der Waals surface area contributed by atoms with Gasteiger partial charge >= 0.3 is 0 Å². The lowest BCUT2D eigenvalue weighted by Gasteiger charge is -2.29. The van der Waals surface area contributed by atoms with Crippen molar-refractivity contribution in [2.45, 2.75) is 50.8 Å². The van der Waals surface area contributed by atoms with Crippen LogP contribution in [0.5, 0.6) is 5.75 Å². The average Bonchev–Trinajstić information content (AvgIpc) is 3.38. The van der Waals surface area contributed by atoms with Crippen LogP contribution in [-0.2, 0) is 33.8 Å². The van der Waals surface area contributed by atoms with Crippen molar-refractivity contribution in [1.82, 2.24) is 15.5 Å². The van der Waals surface area contributed by atoms with E-state index in [1.165, 1.54) is 0 Å². The molecule has 0 spiro atoms. The predicted molar refractivity (Wildman–Crippen MR) is 146 cm³/mol. The van der Waals surface area contributed by atoms with E-state index in [0.717, 1.165) is 23.1 Å². The Bertz CT molecular complexity index is 1220. The van der Waals surface area contributed by atoms with Crippen molar-refractivity contribution in [3.63, 3.8) is 0 Å². The number of aryl methyl sites for hydroxylation is 1. The van der Waals surface area contributed by atoms with E-state index in [9.17, 15) is 14.4 Å². The van der Waals surface area contributed by atoms with Gasteiger partial charge in [-0.1, -0.05) is 72.8 Å². The van der Waals surface area contributed by atoms with Crippen LogP contribution >= 0.6 is 0 Å². The molecule has 1 aliphatic heterocycles. The minimum Gasteiger partial charge on any atom is -0.489 e. The van der Waals surface area contributed by atoms with Crippen LogP contribution in [0.4, 0.5) is 0 Å². The monoisotopic (exact) mass is 513 g/mol. The number of likely N-dealkylation sites (N-methyl/N-ethyl adjacent to an activating group) is 1. The van der Waals surface area contributed by atoms with Crippen LogP contribution in [0.15, 0.2) is 84.9 Å². The molecule has 3 amide bonds. The van der Waals surface area contributed by atoms with Gasteiger partial charge < -0.3 is 20.3 Å². The molecule has 1 aliphatic rings. The van der Waals surface area contributed by atoms with Gasteiger partial charge in [-0.2, -0.15) is 0 Å². The molecule has 1 heterocycles. The Morgan fingerprint density at radius 2 is 1.58 bits per heavy atom. The second-order valence-electron chi connectivity index (χ2n) is 9.53. The van der Waals surface area contributed by atoms with Crippen molar-refractivity contribution in [3.05, 3.63) is 102 Å². The van der Waals surface area contributed by atoms with Gasteiger partial charge in [0.2, 0.25) is 17.7 Å². The summed E-state index contributed by atoms with van der Waals surface area (Å²) in [6.45, 7) is 0.962. The molecule has 0 aromatic heterocycles. The summed E-state index contributed by atoms with van der Waals surface area (Å²) < 4.78 is 5.97. The van der Waals surface area contributed by atoms with E-state index in [4.69, 9.17) is 4.74 Å². The number of hydrogen-bond acceptors (Lipinski definition) is 4. The highest BCUT2D eigenvalue weighted by atomic mass is 16.5. The molecular formula is C31H35N3O4. The maximum Gasteiger partial charge on any atom is 0.243 e. The van der Waals surface area contributed by atoms with Crippen molar-refractivity contribution in [2.24, 2.45) is 0 Å². The number of benzene rings is 3. The summed E-state index contributed by atoms with van der Waals surface area (Å²) in [6, 6.07) is 26.0. The maximum absolute atomic E-state index is 13.6. The summed E-state index contributed by atoms with van der Waals surface area (Å²) in [5.74, 6) is 0.0846. The number of hydrogen-bond donors (Lipinski definition) is 2. The lowest BCUT2D eigenvalue weighted by molar-refractivity contribution is -0.138. The summed E-state index contributed by atoms with van der Waals surface area (Å²) in [7, 11) is 1.56. The number of nitrogens with zero attached hydrogens (tertiary/aromatic N) is 1. The molecular weight excluding hydrogens is 478 g/mol. The fourth-order valence-corrected chi connectivity index (χ4v) is 4.74. The van der Waals surface area contributed by atoms with E-state index in [2.05, 4.69) is 10.6 Å². The standard InChI is InChI=1S/C31H35N3O4/c1-32-30(36)27(18-17-23-10-4-2-5-11-23)33-31(37)28(34-19-9-16-29(34)35)21-25-14-8-15-26(20-25)38-22-24-12-6-3-7-13-24/h2-8,10-15,20,27-28H,9,16-19,21-22H2,1H3,(H,32,36)(H,33,37)/t27-,28-/m0/s1. The van der Waals surface area contributed by atoms with Gasteiger partial charge in [0.1, 0.15) is 24.4 Å². The lowest BCUT2D eigenvalue weighted by Crippen LogP contribution is -2.54. The zero-order chi connectivity index (χ0) is 26.7. The summed E-state index contributed by atoms with van der Waals surface area (Å²) in [4.78, 5) is 40.6. The lowest BCUT2D eigenvalue weighted by atomic mass is 10.0. The smallest absolute Gasteiger partial charge is 0.243 e. The van der Waals surface area contributed by atoms with Crippen LogP contribution in [0.3, 0.4) is 0 Å². The van der Waals surface area contributed by atoms with Gasteiger partial charge in [0.25, 0.3) is 0 Å². The van der Waals surface area contributed by atoms with Gasteiger partial charge in [-0.25, -0.2) is 0 Å². The Morgan fingerprint density at radius 1 is 0.895 bits per heavy atom. The minimum absolute atomic E-state index is 0.0394. The van der Waals surface area contributed by atoms with Gasteiger partial charge in [0.05, 0.1) is 0 Å². The Balaban J connectivity index is 1.47. The SMILES string of the molecule is CNC(=O)[C@H](CCc1ccccc1)NC(=O)[C@H](Cc1cccc(OCc2ccccc2)c1)N1CCCC1=O. The summed E-state index contributed by atoms with van der Waals surface area (Å²) in [6.07, 6.45) is 2.58. The van der Waals surface area contributed by atoms with Gasteiger partial charge in [-0.15, -0.1) is 0 Å². The first kappa shape index (κ1) is 26.9. The normalized spacial score (nSPS) is 14.6. The van der Waals surface area contributed by atoms with Crippen molar-refractivity contribution in [1.29, 1.82) is 0 Å². The number of rotatable bonds is 12. The molecule has 198 valence electrons. The third kappa shape index (κ3) is 7.44. The van der Waals surface area contributed by atoms with E-state index < -0.39 is 12.1 Å². The number of carbonyl (C=O) groups excluding carboxylic acids is 3. The molecule has 0 radical (unpaired) electrons. The second kappa shape index (κ2) is 13.4. The third-order valence-corrected chi connectivity index (χ3v) is 6.81. The highest BCUT2D eigenvalue weighted by Gasteiger charge is 2.34. The molecule has 3 aromatic rings. The molecule has 0 bridgehead atoms. The first-order valence-electron chi connectivity index (χ1n) is 13.1. The molecule has 1 fully saturated rings. The Hall–Kier alpha value is -4.13. The van der Waals surface area contributed by atoms with Crippen molar-refractivity contribution in [2.75, 3.05) is 13.6 Å². The minimum atomic E-state index is -0.710. The Labute approximate surface area is 224 Å². The molecule has 3 aromatic carbocycles. The van der Waals surface area contributed by atoms with Gasteiger partial charge in [-0.3, -0.25) is 14.4 Å². The molecule has 7 heteroatoms. The highest BCUT2D eigenvalue weighted by Crippen LogP contribution is 2.21. The van der Waals surface area contributed by atoms with E-state index in [1.54, 1.807) is 11.9 Å². The summed E-state index contributed by atoms with van der Waals surface area (Å²) >= 11 is 0. The Kier molecular flexibility index (Phi) is 9.51. The molecule has 7 nitrogen and oxygen atoms in total. The molecule has 2 atom stereocenters. The van der Waals surface area contributed by atoms with Crippen molar-refractivity contribution >= 4 is 17.7 Å². The number of carbonyl (C=O) groups is 3. The second-order valence-corrected chi connectivity index (χ2v) is 9.53. The van der Waals surface area contributed by atoms with Gasteiger partial charge in [0, 0.05) is 26.4 Å². The van der Waals surface area contributed by atoms with Crippen LogP contribution in [-0.4, -0.2) is 48.3 Å². The first-order chi connectivity index (χ1) is 18.5. The average molecular weight is 514 g/mol. The third-order valence-electron chi connectivity index (χ3n) is 6.81. The molecule has 1 saturated heterocycles. The predicted octanol–water partition coefficient (Wildman–Crippen LogP) is 3.66. The van der Waals surface area contributed by atoms with Crippen LogP contribution in [0.1, 0.15) is 36.0 Å². The van der Waals surface area contributed by atoms with Crippen molar-refractivity contribution < 1.29 is 19.1 Å². The molecule has 38 heavy (non-hydrogen) atoms. The Morgan fingerprint density at radius 3 is 2.24 bits per heavy atom. The quantitative estimate of drug-likeness (QED) is 0.387. The molecule has 0 aliphatic carbocycles. The largest absolute Gasteiger partial charge is 0.489 e. The molecule has 0 unspecified atom stereocenters. The summed E-state index contributed by atoms with van der Waals surface area (Å²) in [5.41, 5.74) is 3.04. The van der Waals surface area contributed by atoms with Gasteiger partial charge in [-0.05, 0) is 48.1 Å². The maximum atomic E-state index is 13.6. The van der Waals surface area contributed by atoms with Crippen LogP contribution in [0.25, 0.3) is 0 Å². The highest BCUT2D eigenvalue weighted by molar-refractivity contribution is 5.92. The number of amides is 3. The van der Waals surface area contributed by atoms with Crippen LogP contribution < -0.4 is 15.4 Å². The van der Waals surface area contributed by atoms with E-state index in [0.29, 0.717) is 44.6 Å².